The summed E-state index contributed by atoms with van der Waals surface area (Å²) in [5.74, 6) is -0.0621. The first-order valence-electron chi connectivity index (χ1n) is 10.3. The molecule has 0 unspecified atom stereocenters. The second kappa shape index (κ2) is 9.11. The molecule has 0 atom stereocenters. The van der Waals surface area contributed by atoms with Gasteiger partial charge in [0.05, 0.1) is 22.5 Å². The summed E-state index contributed by atoms with van der Waals surface area (Å²) in [6, 6.07) is 15.3. The predicted molar refractivity (Wildman–Crippen MR) is 116 cm³/mol. The molecule has 1 aliphatic heterocycles. The third kappa shape index (κ3) is 4.60. The van der Waals surface area contributed by atoms with Crippen molar-refractivity contribution in [2.75, 3.05) is 45.8 Å². The Morgan fingerprint density at radius 3 is 2.52 bits per heavy atom. The van der Waals surface area contributed by atoms with Gasteiger partial charge in [-0.25, -0.2) is 4.98 Å². The first kappa shape index (κ1) is 19.5. The number of amides is 1. The number of nitrogens with zero attached hydrogens (tertiary/aromatic N) is 4. The van der Waals surface area contributed by atoms with Crippen LogP contribution in [0.5, 0.6) is 0 Å². The van der Waals surface area contributed by atoms with Gasteiger partial charge in [0.25, 0.3) is 5.91 Å². The average molecular weight is 390 g/mol. The molecule has 1 aromatic carbocycles. The number of hydrogen-bond acceptors (Lipinski definition) is 5. The Bertz CT molecular complexity index is 967. The molecule has 0 radical (unpaired) electrons. The molecule has 3 heterocycles. The van der Waals surface area contributed by atoms with E-state index in [4.69, 9.17) is 4.98 Å². The Labute approximate surface area is 171 Å². The molecule has 0 bridgehead atoms. The van der Waals surface area contributed by atoms with Crippen LogP contribution >= 0.6 is 0 Å². The van der Waals surface area contributed by atoms with E-state index in [-0.39, 0.29) is 5.91 Å². The summed E-state index contributed by atoms with van der Waals surface area (Å²) in [5.41, 5.74) is 2.93. The Hall–Kier alpha value is -2.83. The highest BCUT2D eigenvalue weighted by molar-refractivity contribution is 6.07. The molecule has 1 amide bonds. The average Bonchev–Trinajstić information content (AvgIpc) is 2.79. The summed E-state index contributed by atoms with van der Waals surface area (Å²) >= 11 is 0. The molecular formula is C23H27N5O. The third-order valence-corrected chi connectivity index (χ3v) is 5.51. The van der Waals surface area contributed by atoms with E-state index >= 15 is 0 Å². The molecule has 0 aliphatic carbocycles. The summed E-state index contributed by atoms with van der Waals surface area (Å²) in [6.45, 7) is 9.16. The molecule has 3 aromatic rings. The molecule has 4 rings (SSSR count). The lowest BCUT2D eigenvalue weighted by Crippen LogP contribution is -2.48. The highest BCUT2D eigenvalue weighted by Gasteiger charge is 2.17. The fraction of sp³-hybridized carbons (Fsp3) is 0.348. The second-order valence-electron chi connectivity index (χ2n) is 7.32. The SMILES string of the molecule is CCN1CCN(CCNC(=O)c2cc(-c3ccccn3)nc3ccccc23)CC1. The first-order chi connectivity index (χ1) is 14.2. The van der Waals surface area contributed by atoms with Crippen LogP contribution in [0.3, 0.4) is 0 Å². The number of para-hydroxylation sites is 1. The van der Waals surface area contributed by atoms with Crippen molar-refractivity contribution in [1.82, 2.24) is 25.1 Å². The molecule has 1 N–H and O–H groups in total. The van der Waals surface area contributed by atoms with E-state index in [0.29, 0.717) is 17.8 Å². The van der Waals surface area contributed by atoms with Crippen molar-refractivity contribution in [3.63, 3.8) is 0 Å². The third-order valence-electron chi connectivity index (χ3n) is 5.51. The number of carbonyl (C=O) groups excluding carboxylic acids is 1. The second-order valence-corrected chi connectivity index (χ2v) is 7.32. The fourth-order valence-corrected chi connectivity index (χ4v) is 3.76. The van der Waals surface area contributed by atoms with Crippen LogP contribution in [0.2, 0.25) is 0 Å². The van der Waals surface area contributed by atoms with E-state index < -0.39 is 0 Å². The normalized spacial score (nSPS) is 15.5. The van der Waals surface area contributed by atoms with Gasteiger partial charge in [0.1, 0.15) is 0 Å². The molecule has 2 aromatic heterocycles. The minimum atomic E-state index is -0.0621. The molecule has 0 spiro atoms. The number of likely N-dealkylation sites (N-methyl/N-ethyl adjacent to an activating group) is 1. The van der Waals surface area contributed by atoms with Crippen LogP contribution < -0.4 is 5.32 Å². The van der Waals surface area contributed by atoms with Gasteiger partial charge in [-0.05, 0) is 30.8 Å². The van der Waals surface area contributed by atoms with Gasteiger partial charge in [0, 0.05) is 50.9 Å². The van der Waals surface area contributed by atoms with Crippen molar-refractivity contribution in [3.8, 4) is 11.4 Å². The first-order valence-corrected chi connectivity index (χ1v) is 10.3. The Morgan fingerprint density at radius 1 is 1.00 bits per heavy atom. The molecule has 29 heavy (non-hydrogen) atoms. The lowest BCUT2D eigenvalue weighted by atomic mass is 10.1. The molecule has 1 saturated heterocycles. The maximum atomic E-state index is 13.0. The highest BCUT2D eigenvalue weighted by Crippen LogP contribution is 2.23. The quantitative estimate of drug-likeness (QED) is 0.702. The summed E-state index contributed by atoms with van der Waals surface area (Å²) < 4.78 is 0. The van der Waals surface area contributed by atoms with Gasteiger partial charge in [-0.3, -0.25) is 14.7 Å². The number of hydrogen-bond donors (Lipinski definition) is 1. The van der Waals surface area contributed by atoms with Crippen LogP contribution in [0.1, 0.15) is 17.3 Å². The smallest absolute Gasteiger partial charge is 0.252 e. The topological polar surface area (TPSA) is 61.4 Å². The van der Waals surface area contributed by atoms with E-state index in [9.17, 15) is 4.79 Å². The molecule has 0 saturated carbocycles. The number of carbonyl (C=O) groups is 1. The molecule has 1 aliphatic rings. The van der Waals surface area contributed by atoms with Gasteiger partial charge < -0.3 is 10.2 Å². The van der Waals surface area contributed by atoms with E-state index in [1.165, 1.54) is 0 Å². The van der Waals surface area contributed by atoms with Crippen LogP contribution in [-0.4, -0.2) is 71.5 Å². The standard InChI is InChI=1S/C23H27N5O/c1-2-27-13-15-28(16-14-27)12-11-25-23(29)19-17-22(21-9-5-6-10-24-21)26-20-8-4-3-7-18(19)20/h3-10,17H,2,11-16H2,1H3,(H,25,29). The van der Waals surface area contributed by atoms with E-state index in [1.54, 1.807) is 6.20 Å². The maximum Gasteiger partial charge on any atom is 0.252 e. The number of nitrogens with one attached hydrogen (secondary N) is 1. The van der Waals surface area contributed by atoms with Crippen molar-refractivity contribution in [3.05, 3.63) is 60.3 Å². The molecule has 6 nitrogen and oxygen atoms in total. The van der Waals surface area contributed by atoms with Gasteiger partial charge in [-0.15, -0.1) is 0 Å². The number of benzene rings is 1. The van der Waals surface area contributed by atoms with Crippen molar-refractivity contribution in [2.45, 2.75) is 6.92 Å². The van der Waals surface area contributed by atoms with Crippen molar-refractivity contribution in [2.24, 2.45) is 0 Å². The zero-order valence-electron chi connectivity index (χ0n) is 16.8. The predicted octanol–water partition coefficient (Wildman–Crippen LogP) is 2.66. The number of piperazine rings is 1. The van der Waals surface area contributed by atoms with Gasteiger partial charge in [-0.2, -0.15) is 0 Å². The Balaban J connectivity index is 1.48. The van der Waals surface area contributed by atoms with Crippen molar-refractivity contribution >= 4 is 16.8 Å². The van der Waals surface area contributed by atoms with Crippen LogP contribution in [0, 0.1) is 0 Å². The van der Waals surface area contributed by atoms with Crippen molar-refractivity contribution in [1.29, 1.82) is 0 Å². The molecule has 6 heteroatoms. The lowest BCUT2D eigenvalue weighted by Gasteiger charge is -2.33. The van der Waals surface area contributed by atoms with E-state index in [0.717, 1.165) is 55.9 Å². The lowest BCUT2D eigenvalue weighted by molar-refractivity contribution is 0.0939. The fourth-order valence-electron chi connectivity index (χ4n) is 3.76. The van der Waals surface area contributed by atoms with Crippen LogP contribution in [0.15, 0.2) is 54.7 Å². The molecule has 1 fully saturated rings. The number of rotatable bonds is 6. The molecule has 150 valence electrons. The Kier molecular flexibility index (Phi) is 6.12. The zero-order valence-corrected chi connectivity index (χ0v) is 16.8. The van der Waals surface area contributed by atoms with Crippen molar-refractivity contribution < 1.29 is 4.79 Å². The highest BCUT2D eigenvalue weighted by atomic mass is 16.1. The maximum absolute atomic E-state index is 13.0. The summed E-state index contributed by atoms with van der Waals surface area (Å²) in [5, 5.41) is 3.96. The zero-order chi connectivity index (χ0) is 20.1. The number of fused-ring (bicyclic) bond motifs is 1. The Morgan fingerprint density at radius 2 is 1.76 bits per heavy atom. The summed E-state index contributed by atoms with van der Waals surface area (Å²) in [4.78, 5) is 27.0. The minimum absolute atomic E-state index is 0.0621. The number of pyridine rings is 2. The summed E-state index contributed by atoms with van der Waals surface area (Å²) in [6.07, 6.45) is 1.74. The monoisotopic (exact) mass is 389 g/mol. The van der Waals surface area contributed by atoms with Crippen LogP contribution in [0.4, 0.5) is 0 Å². The van der Waals surface area contributed by atoms with E-state index in [1.807, 2.05) is 48.5 Å². The summed E-state index contributed by atoms with van der Waals surface area (Å²) in [7, 11) is 0. The number of aromatic nitrogens is 2. The van der Waals surface area contributed by atoms with Crippen LogP contribution in [0.25, 0.3) is 22.3 Å². The van der Waals surface area contributed by atoms with Crippen LogP contribution in [-0.2, 0) is 0 Å². The van der Waals surface area contributed by atoms with Gasteiger partial charge in [0.15, 0.2) is 0 Å². The van der Waals surface area contributed by atoms with Gasteiger partial charge in [-0.1, -0.05) is 31.2 Å². The van der Waals surface area contributed by atoms with Gasteiger partial charge in [0.2, 0.25) is 0 Å². The van der Waals surface area contributed by atoms with Gasteiger partial charge >= 0.3 is 0 Å². The largest absolute Gasteiger partial charge is 0.351 e. The van der Waals surface area contributed by atoms with E-state index in [2.05, 4.69) is 27.0 Å². The minimum Gasteiger partial charge on any atom is -0.351 e. The molecular weight excluding hydrogens is 362 g/mol.